The number of rotatable bonds is 1. The summed E-state index contributed by atoms with van der Waals surface area (Å²) in [5.74, 6) is 1.07. The fourth-order valence-corrected chi connectivity index (χ4v) is 1.61. The van der Waals surface area contributed by atoms with E-state index in [0.717, 1.165) is 11.7 Å². The highest BCUT2D eigenvalue weighted by atomic mass is 16.7. The lowest BCUT2D eigenvalue weighted by Crippen LogP contribution is -1.94. The molecule has 0 saturated heterocycles. The van der Waals surface area contributed by atoms with Crippen LogP contribution in [0.15, 0.2) is 22.8 Å². The van der Waals surface area contributed by atoms with Gasteiger partial charge in [0.1, 0.15) is 11.1 Å². The van der Waals surface area contributed by atoms with E-state index in [9.17, 15) is 4.79 Å². The Balaban J connectivity index is 2.46. The summed E-state index contributed by atoms with van der Waals surface area (Å²) >= 11 is 0. The van der Waals surface area contributed by atoms with Crippen LogP contribution in [0.4, 0.5) is 0 Å². The van der Waals surface area contributed by atoms with Crippen LogP contribution in [0, 0.1) is 0 Å². The standard InChI is InChI=1S/C10H6O4/c11-4-7-9-6(1-2-12-9)3-8-10(7)14-5-13-8/h1-4H,5H2. The number of aldehydes is 1. The van der Waals surface area contributed by atoms with Crippen LogP contribution in [0.1, 0.15) is 10.4 Å². The highest BCUT2D eigenvalue weighted by molar-refractivity contribution is 5.99. The number of carbonyl (C=O) groups excluding carboxylic acids is 1. The van der Waals surface area contributed by atoms with Crippen LogP contribution in [0.5, 0.6) is 11.5 Å². The Hall–Kier alpha value is -1.97. The Morgan fingerprint density at radius 3 is 3.14 bits per heavy atom. The lowest BCUT2D eigenvalue weighted by atomic mass is 10.1. The fourth-order valence-electron chi connectivity index (χ4n) is 1.61. The Morgan fingerprint density at radius 1 is 1.36 bits per heavy atom. The van der Waals surface area contributed by atoms with Gasteiger partial charge in [-0.15, -0.1) is 0 Å². The van der Waals surface area contributed by atoms with Crippen molar-refractivity contribution in [3.05, 3.63) is 24.0 Å². The quantitative estimate of drug-likeness (QED) is 0.645. The number of fused-ring (bicyclic) bond motifs is 2. The van der Waals surface area contributed by atoms with Gasteiger partial charge in [0, 0.05) is 5.39 Å². The van der Waals surface area contributed by atoms with Gasteiger partial charge in [-0.2, -0.15) is 0 Å². The Labute approximate surface area is 79.0 Å². The summed E-state index contributed by atoms with van der Waals surface area (Å²) in [5, 5.41) is 0.844. The highest BCUT2D eigenvalue weighted by Gasteiger charge is 2.22. The Bertz CT molecular complexity index is 512. The van der Waals surface area contributed by atoms with E-state index in [4.69, 9.17) is 13.9 Å². The number of ether oxygens (including phenoxy) is 2. The molecule has 0 unspecified atom stereocenters. The molecule has 0 N–H and O–H groups in total. The van der Waals surface area contributed by atoms with Gasteiger partial charge < -0.3 is 13.9 Å². The third-order valence-corrected chi connectivity index (χ3v) is 2.23. The summed E-state index contributed by atoms with van der Waals surface area (Å²) in [6.07, 6.45) is 2.26. The SMILES string of the molecule is O=Cc1c2c(cc3ccoc13)OCO2. The van der Waals surface area contributed by atoms with Crippen molar-refractivity contribution in [2.75, 3.05) is 6.79 Å². The molecule has 0 bridgehead atoms. The molecule has 0 radical (unpaired) electrons. The van der Waals surface area contributed by atoms with Crippen molar-refractivity contribution in [3.63, 3.8) is 0 Å². The first kappa shape index (κ1) is 7.44. The summed E-state index contributed by atoms with van der Waals surface area (Å²) in [5.41, 5.74) is 0.962. The topological polar surface area (TPSA) is 48.7 Å². The molecule has 0 fully saturated rings. The van der Waals surface area contributed by atoms with Crippen LogP contribution in [-0.2, 0) is 0 Å². The summed E-state index contributed by atoms with van der Waals surface area (Å²) in [7, 11) is 0. The second kappa shape index (κ2) is 2.51. The number of benzene rings is 1. The van der Waals surface area contributed by atoms with Crippen molar-refractivity contribution in [2.24, 2.45) is 0 Å². The molecule has 0 amide bonds. The average molecular weight is 190 g/mol. The fraction of sp³-hybridized carbons (Fsp3) is 0.100. The summed E-state index contributed by atoms with van der Waals surface area (Å²) in [6, 6.07) is 3.58. The minimum atomic E-state index is 0.156. The van der Waals surface area contributed by atoms with Gasteiger partial charge in [0.25, 0.3) is 0 Å². The molecule has 1 aliphatic rings. The zero-order valence-corrected chi connectivity index (χ0v) is 7.15. The van der Waals surface area contributed by atoms with Crippen LogP contribution in [0.2, 0.25) is 0 Å². The molecule has 1 aromatic carbocycles. The van der Waals surface area contributed by atoms with E-state index in [1.54, 1.807) is 12.1 Å². The van der Waals surface area contributed by atoms with Gasteiger partial charge in [0.2, 0.25) is 6.79 Å². The Morgan fingerprint density at radius 2 is 2.29 bits per heavy atom. The first-order chi connectivity index (χ1) is 6.90. The molecule has 70 valence electrons. The van der Waals surface area contributed by atoms with Crippen molar-refractivity contribution >= 4 is 17.3 Å². The largest absolute Gasteiger partial charge is 0.463 e. The molecule has 0 spiro atoms. The van der Waals surface area contributed by atoms with E-state index in [0.29, 0.717) is 22.6 Å². The van der Waals surface area contributed by atoms with E-state index >= 15 is 0 Å². The number of furan rings is 1. The molecule has 4 nitrogen and oxygen atoms in total. The maximum absolute atomic E-state index is 10.9. The van der Waals surface area contributed by atoms with Crippen LogP contribution in [0.25, 0.3) is 11.0 Å². The molecule has 0 atom stereocenters. The van der Waals surface area contributed by atoms with E-state index in [1.807, 2.05) is 0 Å². The molecule has 2 heterocycles. The lowest BCUT2D eigenvalue weighted by molar-refractivity contribution is 0.111. The second-order valence-electron chi connectivity index (χ2n) is 2.98. The predicted molar refractivity (Wildman–Crippen MR) is 47.7 cm³/mol. The van der Waals surface area contributed by atoms with E-state index in [2.05, 4.69) is 0 Å². The smallest absolute Gasteiger partial charge is 0.231 e. The van der Waals surface area contributed by atoms with Gasteiger partial charge in [-0.05, 0) is 12.1 Å². The monoisotopic (exact) mass is 190 g/mol. The molecule has 1 aromatic heterocycles. The second-order valence-corrected chi connectivity index (χ2v) is 2.98. The normalized spacial score (nSPS) is 13.4. The zero-order valence-electron chi connectivity index (χ0n) is 7.15. The van der Waals surface area contributed by atoms with Crippen molar-refractivity contribution in [3.8, 4) is 11.5 Å². The van der Waals surface area contributed by atoms with Gasteiger partial charge in [-0.25, -0.2) is 0 Å². The predicted octanol–water partition coefficient (Wildman–Crippen LogP) is 1.97. The van der Waals surface area contributed by atoms with Gasteiger partial charge in [-0.1, -0.05) is 0 Å². The minimum absolute atomic E-state index is 0.156. The Kier molecular flexibility index (Phi) is 1.33. The van der Waals surface area contributed by atoms with Crippen LogP contribution < -0.4 is 9.47 Å². The molecule has 14 heavy (non-hydrogen) atoms. The van der Waals surface area contributed by atoms with Crippen molar-refractivity contribution in [2.45, 2.75) is 0 Å². The molecule has 1 aliphatic heterocycles. The maximum Gasteiger partial charge on any atom is 0.231 e. The molecule has 4 heteroatoms. The van der Waals surface area contributed by atoms with Crippen molar-refractivity contribution in [1.82, 2.24) is 0 Å². The molecule has 0 aliphatic carbocycles. The molecule has 0 saturated carbocycles. The van der Waals surface area contributed by atoms with Crippen molar-refractivity contribution in [1.29, 1.82) is 0 Å². The first-order valence-electron chi connectivity index (χ1n) is 4.15. The van der Waals surface area contributed by atoms with E-state index < -0.39 is 0 Å². The summed E-state index contributed by atoms with van der Waals surface area (Å²) in [6.45, 7) is 0.156. The summed E-state index contributed by atoms with van der Waals surface area (Å²) in [4.78, 5) is 10.9. The lowest BCUT2D eigenvalue weighted by Gasteiger charge is -1.99. The van der Waals surface area contributed by atoms with Gasteiger partial charge in [0.15, 0.2) is 17.8 Å². The minimum Gasteiger partial charge on any atom is -0.463 e. The average Bonchev–Trinajstić information content (AvgIpc) is 2.80. The molecular formula is C10H6O4. The molecular weight excluding hydrogens is 184 g/mol. The first-order valence-corrected chi connectivity index (χ1v) is 4.15. The number of hydrogen-bond acceptors (Lipinski definition) is 4. The molecule has 3 rings (SSSR count). The van der Waals surface area contributed by atoms with Crippen LogP contribution >= 0.6 is 0 Å². The van der Waals surface area contributed by atoms with E-state index in [-0.39, 0.29) is 6.79 Å². The number of hydrogen-bond donors (Lipinski definition) is 0. The third-order valence-electron chi connectivity index (χ3n) is 2.23. The van der Waals surface area contributed by atoms with Gasteiger partial charge >= 0.3 is 0 Å². The maximum atomic E-state index is 10.9. The summed E-state index contributed by atoms with van der Waals surface area (Å²) < 4.78 is 15.6. The molecule has 2 aromatic rings. The highest BCUT2D eigenvalue weighted by Crippen LogP contribution is 2.40. The van der Waals surface area contributed by atoms with Crippen molar-refractivity contribution < 1.29 is 18.7 Å². The number of carbonyl (C=O) groups is 1. The van der Waals surface area contributed by atoms with Crippen LogP contribution in [0.3, 0.4) is 0 Å². The van der Waals surface area contributed by atoms with E-state index in [1.165, 1.54) is 6.26 Å². The third kappa shape index (κ3) is 0.797. The zero-order chi connectivity index (χ0) is 9.54. The van der Waals surface area contributed by atoms with Gasteiger partial charge in [-0.3, -0.25) is 4.79 Å². The van der Waals surface area contributed by atoms with Crippen LogP contribution in [-0.4, -0.2) is 13.1 Å². The van der Waals surface area contributed by atoms with Gasteiger partial charge in [0.05, 0.1) is 6.26 Å².